The van der Waals surface area contributed by atoms with Crippen LogP contribution < -0.4 is 20.1 Å². The van der Waals surface area contributed by atoms with Crippen LogP contribution in [0.25, 0.3) is 11.8 Å². The third-order valence-electron chi connectivity index (χ3n) is 3.75. The Labute approximate surface area is 165 Å². The molecule has 0 saturated heterocycles. The molecule has 1 aromatic carbocycles. The van der Waals surface area contributed by atoms with Gasteiger partial charge in [0, 0.05) is 24.0 Å². The molecule has 0 unspecified atom stereocenters. The number of rotatable bonds is 7. The molecule has 2 aromatic rings. The van der Waals surface area contributed by atoms with E-state index in [4.69, 9.17) is 4.74 Å². The van der Waals surface area contributed by atoms with E-state index in [1.807, 2.05) is 6.07 Å². The topological polar surface area (TPSA) is 101 Å². The van der Waals surface area contributed by atoms with Crippen LogP contribution in [0.4, 0.5) is 5.69 Å². The van der Waals surface area contributed by atoms with E-state index in [2.05, 4.69) is 11.9 Å². The second kappa shape index (κ2) is 9.48. The molecule has 0 aliphatic carbocycles. The molecular weight excluding hydrogens is 378 g/mol. The van der Waals surface area contributed by atoms with Crippen molar-refractivity contribution in [3.05, 3.63) is 62.0 Å². The lowest BCUT2D eigenvalue weighted by Crippen LogP contribution is -2.32. The molecule has 0 atom stereocenters. The molecule has 0 aliphatic rings. The highest BCUT2D eigenvalue weighted by molar-refractivity contribution is 7.07. The van der Waals surface area contributed by atoms with E-state index in [0.717, 1.165) is 11.3 Å². The molecule has 144 valence electrons. The normalized spacial score (nSPS) is 12.1. The molecule has 1 heterocycles. The van der Waals surface area contributed by atoms with Crippen molar-refractivity contribution in [1.82, 2.24) is 4.57 Å². The number of Topliss-reactive ketones (excluding diaryl/α,β-unsaturated/α-hetero) is 1. The summed E-state index contributed by atoms with van der Waals surface area (Å²) in [6.07, 6.45) is 2.91. The number of thiazole rings is 1. The molecule has 1 N–H and O–H groups in total. The van der Waals surface area contributed by atoms with Crippen LogP contribution in [0, 0.1) is 11.3 Å². The standard InChI is InChI=1S/C20H19N3O4S/c1-4-10-27-20(26)16(11-21)19-23(5-2)18(25)17(28-19)12-22-15-8-6-14(7-9-15)13(3)24/h4,6-9,12,22H,1,5,10H2,2-3H3. The predicted octanol–water partition coefficient (Wildman–Crippen LogP) is 1.39. The van der Waals surface area contributed by atoms with Gasteiger partial charge in [-0.05, 0) is 38.1 Å². The molecular formula is C20H19N3O4S. The summed E-state index contributed by atoms with van der Waals surface area (Å²) in [5.74, 6) is -0.836. The minimum Gasteiger partial charge on any atom is -0.457 e. The molecule has 2 rings (SSSR count). The molecule has 1 aromatic heterocycles. The Morgan fingerprint density at radius 3 is 2.57 bits per heavy atom. The predicted molar refractivity (Wildman–Crippen MR) is 108 cm³/mol. The van der Waals surface area contributed by atoms with Crippen molar-refractivity contribution in [1.29, 1.82) is 5.26 Å². The van der Waals surface area contributed by atoms with Crippen molar-refractivity contribution in [3.63, 3.8) is 0 Å². The third kappa shape index (κ3) is 4.64. The summed E-state index contributed by atoms with van der Waals surface area (Å²) >= 11 is 1.02. The number of ketones is 1. The first kappa shape index (κ1) is 20.9. The number of nitrogens with one attached hydrogen (secondary N) is 1. The van der Waals surface area contributed by atoms with Gasteiger partial charge in [-0.15, -0.1) is 11.3 Å². The van der Waals surface area contributed by atoms with E-state index >= 15 is 0 Å². The molecule has 0 aliphatic heterocycles. The van der Waals surface area contributed by atoms with Gasteiger partial charge in [0.1, 0.15) is 21.9 Å². The summed E-state index contributed by atoms with van der Waals surface area (Å²) in [6.45, 7) is 6.96. The minimum absolute atomic E-state index is 0.0253. The van der Waals surface area contributed by atoms with Crippen LogP contribution in [0.3, 0.4) is 0 Å². The number of hydrogen-bond donors (Lipinski definition) is 1. The van der Waals surface area contributed by atoms with Crippen LogP contribution in [-0.4, -0.2) is 22.9 Å². The summed E-state index contributed by atoms with van der Waals surface area (Å²) in [7, 11) is 0. The highest BCUT2D eigenvalue weighted by atomic mass is 32.1. The monoisotopic (exact) mass is 397 g/mol. The summed E-state index contributed by atoms with van der Waals surface area (Å²) in [5, 5.41) is 12.4. The molecule has 7 nitrogen and oxygen atoms in total. The number of anilines is 1. The minimum atomic E-state index is -0.801. The second-order valence-corrected chi connectivity index (χ2v) is 6.65. The van der Waals surface area contributed by atoms with Crippen LogP contribution in [0.5, 0.6) is 0 Å². The van der Waals surface area contributed by atoms with E-state index in [1.54, 1.807) is 31.2 Å². The van der Waals surface area contributed by atoms with Gasteiger partial charge in [0.25, 0.3) is 5.56 Å². The van der Waals surface area contributed by atoms with E-state index in [-0.39, 0.29) is 28.2 Å². The number of benzene rings is 1. The van der Waals surface area contributed by atoms with Gasteiger partial charge in [-0.3, -0.25) is 14.2 Å². The zero-order chi connectivity index (χ0) is 20.7. The number of nitriles is 1. The maximum Gasteiger partial charge on any atom is 0.352 e. The SMILES string of the molecule is C=CCOC(=O)C(C#N)=c1sc(=CNc2ccc(C(C)=O)cc2)c(=O)n1CC. The highest BCUT2D eigenvalue weighted by Gasteiger charge is 2.16. The summed E-state index contributed by atoms with van der Waals surface area (Å²) in [4.78, 5) is 36.0. The number of carbonyl (C=O) groups excluding carboxylic acids is 2. The number of hydrogen-bond acceptors (Lipinski definition) is 7. The van der Waals surface area contributed by atoms with Gasteiger partial charge in [-0.1, -0.05) is 12.7 Å². The van der Waals surface area contributed by atoms with E-state index in [9.17, 15) is 19.6 Å². The van der Waals surface area contributed by atoms with Gasteiger partial charge < -0.3 is 10.1 Å². The van der Waals surface area contributed by atoms with Crippen LogP contribution in [0.15, 0.2) is 41.7 Å². The number of aromatic nitrogens is 1. The number of esters is 1. The lowest BCUT2D eigenvalue weighted by molar-refractivity contribution is -0.135. The fraction of sp³-hybridized carbons (Fsp3) is 0.200. The highest BCUT2D eigenvalue weighted by Crippen LogP contribution is 2.09. The lowest BCUT2D eigenvalue weighted by atomic mass is 10.1. The van der Waals surface area contributed by atoms with Gasteiger partial charge in [0.15, 0.2) is 11.4 Å². The number of nitrogens with zero attached hydrogens (tertiary/aromatic N) is 2. The van der Waals surface area contributed by atoms with E-state index in [0.29, 0.717) is 22.3 Å². The molecule has 28 heavy (non-hydrogen) atoms. The van der Waals surface area contributed by atoms with E-state index in [1.165, 1.54) is 23.8 Å². The summed E-state index contributed by atoms with van der Waals surface area (Å²) < 4.78 is 6.85. The quantitative estimate of drug-likeness (QED) is 0.430. The van der Waals surface area contributed by atoms with Crippen LogP contribution in [0.1, 0.15) is 24.2 Å². The van der Waals surface area contributed by atoms with Gasteiger partial charge in [-0.2, -0.15) is 5.26 Å². The van der Waals surface area contributed by atoms with Crippen molar-refractivity contribution in [2.24, 2.45) is 0 Å². The average molecular weight is 397 g/mol. The maximum atomic E-state index is 12.6. The first-order valence-corrected chi connectivity index (χ1v) is 9.24. The van der Waals surface area contributed by atoms with Gasteiger partial charge in [-0.25, -0.2) is 4.79 Å². The average Bonchev–Trinajstić information content (AvgIpc) is 3.00. The largest absolute Gasteiger partial charge is 0.457 e. The summed E-state index contributed by atoms with van der Waals surface area (Å²) in [5.41, 5.74) is 0.733. The molecule has 0 amide bonds. The van der Waals surface area contributed by atoms with Crippen molar-refractivity contribution >= 4 is 40.5 Å². The van der Waals surface area contributed by atoms with Crippen molar-refractivity contribution in [2.75, 3.05) is 11.9 Å². The molecule has 0 spiro atoms. The number of ether oxygens (including phenoxy) is 1. The molecule has 0 bridgehead atoms. The first-order valence-electron chi connectivity index (χ1n) is 8.42. The number of carbonyl (C=O) groups is 2. The summed E-state index contributed by atoms with van der Waals surface area (Å²) in [6, 6.07) is 8.63. The van der Waals surface area contributed by atoms with Gasteiger partial charge in [0.2, 0.25) is 0 Å². The Morgan fingerprint density at radius 1 is 1.36 bits per heavy atom. The molecule has 0 fully saturated rings. The van der Waals surface area contributed by atoms with Gasteiger partial charge in [0.05, 0.1) is 0 Å². The van der Waals surface area contributed by atoms with Crippen LogP contribution in [0.2, 0.25) is 0 Å². The van der Waals surface area contributed by atoms with Crippen molar-refractivity contribution in [3.8, 4) is 6.07 Å². The zero-order valence-corrected chi connectivity index (χ0v) is 16.3. The maximum absolute atomic E-state index is 12.6. The smallest absolute Gasteiger partial charge is 0.352 e. The molecule has 0 radical (unpaired) electrons. The van der Waals surface area contributed by atoms with Crippen molar-refractivity contribution < 1.29 is 14.3 Å². The van der Waals surface area contributed by atoms with Crippen molar-refractivity contribution in [2.45, 2.75) is 20.4 Å². The van der Waals surface area contributed by atoms with Crippen LogP contribution >= 0.6 is 11.3 Å². The van der Waals surface area contributed by atoms with E-state index < -0.39 is 5.97 Å². The first-order chi connectivity index (χ1) is 13.4. The Hall–Kier alpha value is -3.44. The lowest BCUT2D eigenvalue weighted by Gasteiger charge is -2.00. The Morgan fingerprint density at radius 2 is 2.04 bits per heavy atom. The fourth-order valence-corrected chi connectivity index (χ4v) is 3.41. The fourth-order valence-electron chi connectivity index (χ4n) is 2.33. The van der Waals surface area contributed by atoms with Gasteiger partial charge >= 0.3 is 5.97 Å². The molecule has 0 saturated carbocycles. The Bertz CT molecular complexity index is 1120. The third-order valence-corrected chi connectivity index (χ3v) is 4.88. The van der Waals surface area contributed by atoms with Crippen LogP contribution in [-0.2, 0) is 16.1 Å². The zero-order valence-electron chi connectivity index (χ0n) is 15.5. The molecule has 8 heteroatoms. The second-order valence-electron chi connectivity index (χ2n) is 5.62. The Balaban J connectivity index is 2.48. The Kier molecular flexibility index (Phi) is 7.07.